The smallest absolute Gasteiger partial charge is 0.870 e. The van der Waals surface area contributed by atoms with Crippen molar-refractivity contribution in [3.63, 3.8) is 0 Å². The zero-order chi connectivity index (χ0) is 26.0. The molecule has 232 valence electrons. The Balaban J connectivity index is -0.0000000150. The van der Waals surface area contributed by atoms with Crippen molar-refractivity contribution < 1.29 is 179 Å². The molecule has 0 radical (unpaired) electrons. The van der Waals surface area contributed by atoms with E-state index in [0.29, 0.717) is 19.3 Å². The second kappa shape index (κ2) is 78.0. The molecule has 12 nitrogen and oxygen atoms in total. The fourth-order valence-corrected chi connectivity index (χ4v) is 0.759. The first-order valence-corrected chi connectivity index (χ1v) is 9.88. The van der Waals surface area contributed by atoms with Gasteiger partial charge in [0, 0.05) is 24.4 Å². The Bertz CT molecular complexity index is 489. The van der Waals surface area contributed by atoms with Crippen LogP contribution < -0.4 is 128 Å². The average Bonchev–Trinajstić information content (AvgIpc) is 2.68. The second-order valence-corrected chi connectivity index (χ2v) is 6.08. The summed E-state index contributed by atoms with van der Waals surface area (Å²) in [5.41, 5.74) is 0. The number of carboxylic acids is 5. The van der Waals surface area contributed by atoms with E-state index in [0.717, 1.165) is 18.9 Å². The van der Waals surface area contributed by atoms with Crippen LogP contribution in [-0.4, -0.2) is 56.1 Å². The number of aliphatic carboxylic acids is 5. The van der Waals surface area contributed by atoms with Crippen LogP contribution in [0, 0.1) is 11.8 Å². The third-order valence-electron chi connectivity index (χ3n) is 3.14. The maximum Gasteiger partial charge on any atom is 1.00 e. The molecule has 0 heterocycles. The van der Waals surface area contributed by atoms with E-state index in [1.165, 1.54) is 0 Å². The third-order valence-corrected chi connectivity index (χ3v) is 3.14. The summed E-state index contributed by atoms with van der Waals surface area (Å²) in [5.74, 6) is -4.79. The molecule has 0 aromatic carbocycles. The van der Waals surface area contributed by atoms with Gasteiger partial charge in [-0.1, -0.05) is 84.2 Å². The molecule has 0 aromatic heterocycles. The Morgan fingerprint density at radius 1 is 0.683 bits per heavy atom. The minimum absolute atomic E-state index is 0. The van der Waals surface area contributed by atoms with Gasteiger partial charge in [0.1, 0.15) is 0 Å². The van der Waals surface area contributed by atoms with Gasteiger partial charge in [-0.05, 0) is 31.6 Å². The molecule has 0 rings (SSSR count). The molecule has 0 amide bonds. The third kappa shape index (κ3) is 141. The van der Waals surface area contributed by atoms with Crippen molar-refractivity contribution in [2.45, 2.75) is 110 Å². The van der Waals surface area contributed by atoms with Gasteiger partial charge in [0.25, 0.3) is 0 Å². The quantitative estimate of drug-likeness (QED) is 0.157. The van der Waals surface area contributed by atoms with Crippen LogP contribution in [0.25, 0.3) is 0 Å². The molecule has 0 saturated carbocycles. The number of carbonyl (C=O) groups is 5. The maximum absolute atomic E-state index is 9.93. The van der Waals surface area contributed by atoms with Crippen molar-refractivity contribution in [3.8, 4) is 0 Å². The summed E-state index contributed by atoms with van der Waals surface area (Å²) < 4.78 is 0. The summed E-state index contributed by atoms with van der Waals surface area (Å²) in [6.45, 7) is 13.6. The van der Waals surface area contributed by atoms with E-state index >= 15 is 0 Å². The molecular weight excluding hydrogens is 584 g/mol. The maximum atomic E-state index is 9.93. The number of hydrogen-bond acceptors (Lipinski definition) is 9. The summed E-state index contributed by atoms with van der Waals surface area (Å²) in [7, 11) is 0. The fraction of sp³-hybridized carbons (Fsp3) is 0.720. The van der Waals surface area contributed by atoms with Gasteiger partial charge in [0.05, 0.1) is 5.92 Å². The molecular formula is C25H56Na4O12. The van der Waals surface area contributed by atoms with E-state index < -0.39 is 29.8 Å². The molecule has 0 bridgehead atoms. The Kier molecular flexibility index (Phi) is 184. The molecule has 2 atom stereocenters. The summed E-state index contributed by atoms with van der Waals surface area (Å²) in [5, 5.41) is 43.0. The van der Waals surface area contributed by atoms with Gasteiger partial charge < -0.3 is 46.1 Å². The van der Waals surface area contributed by atoms with Gasteiger partial charge in [0.15, 0.2) is 0 Å². The molecule has 5 N–H and O–H groups in total. The van der Waals surface area contributed by atoms with E-state index in [9.17, 15) is 34.2 Å². The molecule has 0 aromatic rings. The van der Waals surface area contributed by atoms with Crippen molar-refractivity contribution in [2.75, 3.05) is 0 Å². The molecule has 0 spiro atoms. The predicted molar refractivity (Wildman–Crippen MR) is 143 cm³/mol. The number of carboxylic acid groups (broad SMARTS) is 5. The SMILES string of the molecule is C.C.C.C.C=CC(=O)O.CCC(C)C(=O)O.CCC(C)C(=O)[O-].CCCC(=O)O.CCCC(=O)[O-].[Na+].[Na+].[Na+].[Na+].[OH-].[OH-]. The van der Waals surface area contributed by atoms with Crippen LogP contribution in [0.2, 0.25) is 0 Å². The van der Waals surface area contributed by atoms with Crippen molar-refractivity contribution in [3.05, 3.63) is 12.7 Å². The first-order valence-electron chi connectivity index (χ1n) is 9.88. The normalized spacial score (nSPS) is 7.76. The average molecular weight is 641 g/mol. The molecule has 0 fully saturated rings. The summed E-state index contributed by atoms with van der Waals surface area (Å²) in [6, 6.07) is 0. The van der Waals surface area contributed by atoms with Crippen LogP contribution >= 0.6 is 0 Å². The number of hydrogen-bond donors (Lipinski definition) is 3. The van der Waals surface area contributed by atoms with Gasteiger partial charge in [-0.25, -0.2) is 4.79 Å². The number of rotatable bonds is 9. The first-order chi connectivity index (χ1) is 14.2. The molecule has 0 aliphatic rings. The summed E-state index contributed by atoms with van der Waals surface area (Å²) in [4.78, 5) is 48.1. The molecule has 0 aliphatic heterocycles. The van der Waals surface area contributed by atoms with E-state index in [-0.39, 0.29) is 177 Å². The van der Waals surface area contributed by atoms with Gasteiger partial charge in [0.2, 0.25) is 0 Å². The minimum atomic E-state index is -0.981. The van der Waals surface area contributed by atoms with Crippen LogP contribution in [0.4, 0.5) is 0 Å². The Morgan fingerprint density at radius 2 is 0.951 bits per heavy atom. The molecule has 0 saturated heterocycles. The zero-order valence-corrected chi connectivity index (χ0v) is 32.3. The van der Waals surface area contributed by atoms with Crippen LogP contribution in [0.15, 0.2) is 12.7 Å². The summed E-state index contributed by atoms with van der Waals surface area (Å²) >= 11 is 0. The Labute approximate surface area is 338 Å². The Hall–Kier alpha value is 1.01. The van der Waals surface area contributed by atoms with Gasteiger partial charge in [-0.15, -0.1) is 0 Å². The fourth-order valence-electron chi connectivity index (χ4n) is 0.759. The standard InChI is InChI=1S/2C5H10O2.2C4H8O2.C3H4O2.4CH4.4Na.2H2O/c2*1-3-4(2)5(6)7;2*1-2-3-4(5)6;1-2-3(4)5;;;;;;;;;;/h2*4H,3H2,1-2H3,(H,6,7);2*2-3H2,1H3,(H,5,6);2H,1H2,(H,4,5);4*1H4;;;;;2*1H2/q;;;;;;;;;4*+1;;/p-4. The molecule has 16 heteroatoms. The molecule has 2 unspecified atom stereocenters. The van der Waals surface area contributed by atoms with E-state index in [1.807, 2.05) is 20.8 Å². The monoisotopic (exact) mass is 640 g/mol. The summed E-state index contributed by atoms with van der Waals surface area (Å²) in [6.07, 6.45) is 4.08. The van der Waals surface area contributed by atoms with Crippen molar-refractivity contribution in [1.29, 1.82) is 0 Å². The number of carbonyl (C=O) groups excluding carboxylic acids is 2. The van der Waals surface area contributed by atoms with E-state index in [2.05, 4.69) is 6.58 Å². The van der Waals surface area contributed by atoms with Crippen LogP contribution in [0.1, 0.15) is 110 Å². The van der Waals surface area contributed by atoms with E-state index in [1.54, 1.807) is 20.8 Å². The second-order valence-electron chi connectivity index (χ2n) is 6.08. The van der Waals surface area contributed by atoms with Gasteiger partial charge in [-0.2, -0.15) is 0 Å². The topological polar surface area (TPSA) is 252 Å². The van der Waals surface area contributed by atoms with Crippen molar-refractivity contribution >= 4 is 29.8 Å². The van der Waals surface area contributed by atoms with Gasteiger partial charge >= 0.3 is 136 Å². The first kappa shape index (κ1) is 96.8. The van der Waals surface area contributed by atoms with Gasteiger partial charge in [-0.3, -0.25) is 9.59 Å². The largest absolute Gasteiger partial charge is 1.00 e. The molecule has 41 heavy (non-hydrogen) atoms. The zero-order valence-electron chi connectivity index (χ0n) is 24.3. The van der Waals surface area contributed by atoms with Crippen molar-refractivity contribution in [1.82, 2.24) is 0 Å². The minimum Gasteiger partial charge on any atom is -0.870 e. The Morgan fingerprint density at radius 3 is 0.951 bits per heavy atom. The van der Waals surface area contributed by atoms with Crippen LogP contribution in [-0.2, 0) is 24.0 Å². The van der Waals surface area contributed by atoms with Crippen LogP contribution in [0.3, 0.4) is 0 Å². The predicted octanol–water partition coefficient (Wildman–Crippen LogP) is -8.23. The molecule has 0 aliphatic carbocycles. The van der Waals surface area contributed by atoms with Crippen molar-refractivity contribution in [2.24, 2.45) is 11.8 Å². The van der Waals surface area contributed by atoms with E-state index in [4.69, 9.17) is 15.3 Å². The van der Waals surface area contributed by atoms with Crippen LogP contribution in [0.5, 0.6) is 0 Å².